The van der Waals surface area contributed by atoms with Crippen LogP contribution in [0.15, 0.2) is 34.9 Å². The molecule has 0 spiro atoms. The molecule has 1 N–H and O–H groups in total. The Balaban J connectivity index is 2.03. The topological polar surface area (TPSA) is 81.4 Å². The molecule has 2 aromatic heterocycles. The molecule has 114 valence electrons. The van der Waals surface area contributed by atoms with Crippen LogP contribution >= 0.6 is 11.6 Å². The van der Waals surface area contributed by atoms with E-state index in [1.807, 2.05) is 0 Å². The first-order chi connectivity index (χ1) is 10.5. The number of halogens is 1. The van der Waals surface area contributed by atoms with Crippen molar-refractivity contribution in [2.24, 2.45) is 0 Å². The molecule has 2 aromatic rings. The maximum Gasteiger partial charge on any atom is 0.341 e. The van der Waals surface area contributed by atoms with Gasteiger partial charge in [0.05, 0.1) is 12.1 Å². The molecule has 0 aliphatic heterocycles. The van der Waals surface area contributed by atoms with Gasteiger partial charge in [-0.3, -0.25) is 4.79 Å². The van der Waals surface area contributed by atoms with Crippen LogP contribution in [-0.4, -0.2) is 24.0 Å². The maximum absolute atomic E-state index is 11.7. The molecule has 0 saturated carbocycles. The van der Waals surface area contributed by atoms with E-state index in [4.69, 9.17) is 16.0 Å². The summed E-state index contributed by atoms with van der Waals surface area (Å²) in [5.74, 6) is 0.299. The number of nitrogens with one attached hydrogen (secondary N) is 1. The predicted molar refractivity (Wildman–Crippen MR) is 81.7 cm³/mol. The van der Waals surface area contributed by atoms with Crippen molar-refractivity contribution in [2.75, 3.05) is 12.4 Å². The average Bonchev–Trinajstić information content (AvgIpc) is 2.88. The quantitative estimate of drug-likeness (QED) is 0.691. The molecule has 6 nitrogen and oxygen atoms in total. The molecule has 0 unspecified atom stereocenters. The highest BCUT2D eigenvalue weighted by Gasteiger charge is 2.14. The third-order valence-electron chi connectivity index (χ3n) is 2.72. The summed E-state index contributed by atoms with van der Waals surface area (Å²) in [5, 5.41) is 3.05. The first-order valence-corrected chi connectivity index (χ1v) is 6.67. The van der Waals surface area contributed by atoms with Crippen molar-refractivity contribution in [3.8, 4) is 0 Å². The highest BCUT2D eigenvalue weighted by Crippen LogP contribution is 2.17. The number of furan rings is 1. The Kier molecular flexibility index (Phi) is 4.95. The molecule has 2 rings (SSSR count). The van der Waals surface area contributed by atoms with Gasteiger partial charge in [0.2, 0.25) is 5.91 Å². The number of nitrogens with zero attached hydrogens (tertiary/aromatic N) is 1. The van der Waals surface area contributed by atoms with E-state index in [0.29, 0.717) is 27.9 Å². The maximum atomic E-state index is 11.7. The van der Waals surface area contributed by atoms with E-state index in [1.54, 1.807) is 19.1 Å². The van der Waals surface area contributed by atoms with Gasteiger partial charge in [-0.15, -0.1) is 0 Å². The van der Waals surface area contributed by atoms with Crippen LogP contribution in [0, 0.1) is 6.92 Å². The smallest absolute Gasteiger partial charge is 0.341 e. The second-order valence-corrected chi connectivity index (χ2v) is 4.73. The van der Waals surface area contributed by atoms with Crippen LogP contribution in [0.5, 0.6) is 0 Å². The summed E-state index contributed by atoms with van der Waals surface area (Å²) in [6.45, 7) is 1.64. The zero-order chi connectivity index (χ0) is 16.1. The highest BCUT2D eigenvalue weighted by atomic mass is 35.5. The molecule has 0 radical (unpaired) electrons. The number of carbonyl (C=O) groups is 2. The van der Waals surface area contributed by atoms with Crippen molar-refractivity contribution in [3.05, 3.63) is 52.6 Å². The van der Waals surface area contributed by atoms with Crippen LogP contribution in [0.4, 0.5) is 5.82 Å². The van der Waals surface area contributed by atoms with Gasteiger partial charge in [0.1, 0.15) is 22.9 Å². The Morgan fingerprint density at radius 3 is 2.82 bits per heavy atom. The van der Waals surface area contributed by atoms with Gasteiger partial charge in [0, 0.05) is 12.3 Å². The lowest BCUT2D eigenvalue weighted by Gasteiger charge is -1.99. The van der Waals surface area contributed by atoms with Crippen molar-refractivity contribution in [1.29, 1.82) is 0 Å². The number of methoxy groups -OCH3 is 1. The van der Waals surface area contributed by atoms with E-state index in [-0.39, 0.29) is 5.91 Å². The summed E-state index contributed by atoms with van der Waals surface area (Å²) < 4.78 is 9.98. The molecule has 0 saturated heterocycles. The molecule has 7 heteroatoms. The average molecular weight is 321 g/mol. The number of aryl methyl sites for hydroxylation is 1. The van der Waals surface area contributed by atoms with Gasteiger partial charge in [0.15, 0.2) is 0 Å². The highest BCUT2D eigenvalue weighted by molar-refractivity contribution is 6.30. The van der Waals surface area contributed by atoms with Crippen molar-refractivity contribution in [1.82, 2.24) is 4.98 Å². The summed E-state index contributed by atoms with van der Waals surface area (Å²) in [5.41, 5.74) is 0.321. The number of esters is 1. The van der Waals surface area contributed by atoms with Crippen LogP contribution in [0.2, 0.25) is 5.02 Å². The Labute approximate surface area is 131 Å². The van der Waals surface area contributed by atoms with Gasteiger partial charge < -0.3 is 14.5 Å². The molecule has 0 fully saturated rings. The van der Waals surface area contributed by atoms with Gasteiger partial charge in [-0.25, -0.2) is 9.78 Å². The zero-order valence-corrected chi connectivity index (χ0v) is 12.7. The minimum atomic E-state index is -0.490. The minimum Gasteiger partial charge on any atom is -0.465 e. The van der Waals surface area contributed by atoms with Crippen LogP contribution in [0.3, 0.4) is 0 Å². The summed E-state index contributed by atoms with van der Waals surface area (Å²) >= 11 is 5.70. The Hall–Kier alpha value is -2.60. The number of aromatic nitrogens is 1. The standard InChI is InChI=1S/C15H13ClN2O4/c1-9-12(15(20)21-2)7-11(22-9)4-6-14(19)18-13-5-3-10(16)8-17-13/h3-8H,1-2H3,(H,17,18,19)/b6-4+. The Morgan fingerprint density at radius 1 is 1.41 bits per heavy atom. The van der Waals surface area contributed by atoms with E-state index in [9.17, 15) is 9.59 Å². The number of rotatable bonds is 4. The molecule has 2 heterocycles. The third-order valence-corrected chi connectivity index (χ3v) is 2.94. The first-order valence-electron chi connectivity index (χ1n) is 6.29. The van der Waals surface area contributed by atoms with Gasteiger partial charge in [0.25, 0.3) is 0 Å². The number of ether oxygens (including phenoxy) is 1. The van der Waals surface area contributed by atoms with E-state index in [1.165, 1.54) is 31.5 Å². The first kappa shape index (κ1) is 15.8. The summed E-state index contributed by atoms with van der Waals surface area (Å²) in [7, 11) is 1.29. The van der Waals surface area contributed by atoms with Crippen LogP contribution in [0.1, 0.15) is 21.9 Å². The molecule has 0 atom stereocenters. The van der Waals surface area contributed by atoms with E-state index >= 15 is 0 Å². The lowest BCUT2D eigenvalue weighted by Crippen LogP contribution is -2.08. The summed E-state index contributed by atoms with van der Waals surface area (Å²) in [4.78, 5) is 27.1. The summed E-state index contributed by atoms with van der Waals surface area (Å²) in [6.07, 6.45) is 4.15. The molecule has 0 aliphatic rings. The van der Waals surface area contributed by atoms with Crippen molar-refractivity contribution in [2.45, 2.75) is 6.92 Å². The van der Waals surface area contributed by atoms with Crippen LogP contribution in [-0.2, 0) is 9.53 Å². The number of hydrogen-bond acceptors (Lipinski definition) is 5. The predicted octanol–water partition coefficient (Wildman–Crippen LogP) is 3.07. The fourth-order valence-corrected chi connectivity index (χ4v) is 1.79. The third kappa shape index (κ3) is 3.95. The van der Waals surface area contributed by atoms with E-state index < -0.39 is 5.97 Å². The Bertz CT molecular complexity index is 720. The van der Waals surface area contributed by atoms with Crippen molar-refractivity contribution < 1.29 is 18.7 Å². The molecule has 1 amide bonds. The molecule has 22 heavy (non-hydrogen) atoms. The normalized spacial score (nSPS) is 10.7. The second-order valence-electron chi connectivity index (χ2n) is 4.29. The van der Waals surface area contributed by atoms with Crippen LogP contribution < -0.4 is 5.32 Å². The largest absolute Gasteiger partial charge is 0.465 e. The van der Waals surface area contributed by atoms with Gasteiger partial charge >= 0.3 is 5.97 Å². The molecular formula is C15H13ClN2O4. The minimum absolute atomic E-state index is 0.321. The fraction of sp³-hybridized carbons (Fsp3) is 0.133. The van der Waals surface area contributed by atoms with Crippen molar-refractivity contribution >= 4 is 35.4 Å². The van der Waals surface area contributed by atoms with Gasteiger partial charge in [-0.1, -0.05) is 11.6 Å². The van der Waals surface area contributed by atoms with E-state index in [0.717, 1.165) is 0 Å². The van der Waals surface area contributed by atoms with Gasteiger partial charge in [-0.2, -0.15) is 0 Å². The van der Waals surface area contributed by atoms with Crippen LogP contribution in [0.25, 0.3) is 6.08 Å². The number of carbonyl (C=O) groups excluding carboxylic acids is 2. The van der Waals surface area contributed by atoms with E-state index in [2.05, 4.69) is 15.0 Å². The molecule has 0 aromatic carbocycles. The number of hydrogen-bond donors (Lipinski definition) is 1. The van der Waals surface area contributed by atoms with Crippen molar-refractivity contribution in [3.63, 3.8) is 0 Å². The summed E-state index contributed by atoms with van der Waals surface area (Å²) in [6, 6.07) is 4.71. The number of pyridine rings is 1. The molecule has 0 aliphatic carbocycles. The second kappa shape index (κ2) is 6.91. The number of amides is 1. The number of anilines is 1. The zero-order valence-electron chi connectivity index (χ0n) is 11.9. The molecule has 0 bridgehead atoms. The van der Waals surface area contributed by atoms with Gasteiger partial charge in [-0.05, 0) is 31.2 Å². The SMILES string of the molecule is COC(=O)c1cc(/C=C/C(=O)Nc2ccc(Cl)cn2)oc1C. The monoisotopic (exact) mass is 320 g/mol. The fourth-order valence-electron chi connectivity index (χ4n) is 1.68. The Morgan fingerprint density at radius 2 is 2.18 bits per heavy atom. The lowest BCUT2D eigenvalue weighted by molar-refractivity contribution is -0.111. The lowest BCUT2D eigenvalue weighted by atomic mass is 10.2. The molecular weight excluding hydrogens is 308 g/mol.